The van der Waals surface area contributed by atoms with Gasteiger partial charge in [-0.15, -0.1) is 0 Å². The molecule has 0 radical (unpaired) electrons. The number of H-pyrrole nitrogens is 1. The highest BCUT2D eigenvalue weighted by Gasteiger charge is 2.38. The zero-order chi connectivity index (χ0) is 28.5. The van der Waals surface area contributed by atoms with Crippen LogP contribution in [0.2, 0.25) is 0 Å². The first-order chi connectivity index (χ1) is 18.5. The molecule has 10 nitrogen and oxygen atoms in total. The molecule has 5 aromatic rings. The third-order valence-corrected chi connectivity index (χ3v) is 6.02. The van der Waals surface area contributed by atoms with Gasteiger partial charge < -0.3 is 24.7 Å². The number of nitrogens with two attached hydrogens (primary N) is 1. The van der Waals surface area contributed by atoms with E-state index in [1.54, 1.807) is 13.2 Å². The van der Waals surface area contributed by atoms with Crippen LogP contribution in [0.15, 0.2) is 53.6 Å². The van der Waals surface area contributed by atoms with Gasteiger partial charge in [0.1, 0.15) is 11.6 Å². The lowest BCUT2D eigenvalue weighted by Gasteiger charge is -2.05. The standard InChI is InChI=1S/C23H23FN6O2.C2HF3O2/c1-28-12-18(16-6-5-15(32-2)11-20(16)28)22-26-27-23(31)30(22)21-13-29(9-3-8-25)19-7-4-14(24)10-17(19)21;3-2(4,5)1(6)7/h4-7,10-13H,3,8-9,25H2,1-2H3,(H,27,31);(H,6,7). The highest BCUT2D eigenvalue weighted by Crippen LogP contribution is 2.33. The van der Waals surface area contributed by atoms with Crippen molar-refractivity contribution < 1.29 is 32.2 Å². The summed E-state index contributed by atoms with van der Waals surface area (Å²) < 4.78 is 56.7. The number of carbonyl (C=O) groups is 1. The van der Waals surface area contributed by atoms with E-state index in [4.69, 9.17) is 20.4 Å². The Hall–Kier alpha value is -4.59. The normalized spacial score (nSPS) is 11.6. The molecule has 0 fully saturated rings. The van der Waals surface area contributed by atoms with Crippen LogP contribution in [0, 0.1) is 5.82 Å². The lowest BCUT2D eigenvalue weighted by Crippen LogP contribution is -2.21. The van der Waals surface area contributed by atoms with Crippen molar-refractivity contribution in [3.05, 3.63) is 65.1 Å². The number of rotatable bonds is 6. The number of nitrogens with zero attached hydrogens (tertiary/aromatic N) is 4. The molecule has 0 amide bonds. The highest BCUT2D eigenvalue weighted by atomic mass is 19.4. The number of alkyl halides is 3. The first kappa shape index (κ1) is 27.4. The Morgan fingerprint density at radius 2 is 1.85 bits per heavy atom. The van der Waals surface area contributed by atoms with Crippen LogP contribution in [0.3, 0.4) is 0 Å². The molecule has 0 aliphatic carbocycles. The summed E-state index contributed by atoms with van der Waals surface area (Å²) in [7, 11) is 3.55. The number of methoxy groups -OCH3 is 1. The smallest absolute Gasteiger partial charge is 0.490 e. The molecule has 0 spiro atoms. The second-order valence-corrected chi connectivity index (χ2v) is 8.54. The summed E-state index contributed by atoms with van der Waals surface area (Å²) in [5, 5.41) is 15.6. The lowest BCUT2D eigenvalue weighted by molar-refractivity contribution is -0.192. The van der Waals surface area contributed by atoms with E-state index in [-0.39, 0.29) is 5.82 Å². The van der Waals surface area contributed by atoms with Crippen LogP contribution in [0.4, 0.5) is 17.6 Å². The number of halogens is 4. The summed E-state index contributed by atoms with van der Waals surface area (Å²) in [5.74, 6) is -1.94. The molecule has 5 rings (SSSR count). The summed E-state index contributed by atoms with van der Waals surface area (Å²) >= 11 is 0. The van der Waals surface area contributed by atoms with Gasteiger partial charge in [-0.2, -0.15) is 18.3 Å². The maximum Gasteiger partial charge on any atom is 0.490 e. The van der Waals surface area contributed by atoms with Crippen molar-refractivity contribution in [2.24, 2.45) is 12.8 Å². The highest BCUT2D eigenvalue weighted by molar-refractivity contribution is 5.96. The molecule has 14 heteroatoms. The maximum absolute atomic E-state index is 14.2. The van der Waals surface area contributed by atoms with Crippen LogP contribution in [0.5, 0.6) is 5.75 Å². The zero-order valence-corrected chi connectivity index (χ0v) is 20.8. The van der Waals surface area contributed by atoms with Crippen molar-refractivity contribution in [1.29, 1.82) is 0 Å². The van der Waals surface area contributed by atoms with Crippen molar-refractivity contribution in [3.63, 3.8) is 0 Å². The van der Waals surface area contributed by atoms with Crippen LogP contribution in [0.25, 0.3) is 38.9 Å². The van der Waals surface area contributed by atoms with E-state index in [1.807, 2.05) is 46.8 Å². The number of aliphatic carboxylic acids is 1. The largest absolute Gasteiger partial charge is 0.497 e. The number of hydrogen-bond donors (Lipinski definition) is 3. The van der Waals surface area contributed by atoms with Crippen molar-refractivity contribution in [2.75, 3.05) is 13.7 Å². The van der Waals surface area contributed by atoms with Gasteiger partial charge in [0.05, 0.1) is 23.8 Å². The molecule has 4 N–H and O–H groups in total. The Morgan fingerprint density at radius 3 is 2.49 bits per heavy atom. The molecule has 39 heavy (non-hydrogen) atoms. The van der Waals surface area contributed by atoms with Crippen molar-refractivity contribution in [2.45, 2.75) is 19.1 Å². The number of carboxylic acid groups (broad SMARTS) is 1. The van der Waals surface area contributed by atoms with Gasteiger partial charge in [-0.1, -0.05) is 0 Å². The number of carboxylic acids is 1. The number of hydrogen-bond acceptors (Lipinski definition) is 5. The summed E-state index contributed by atoms with van der Waals surface area (Å²) in [6.45, 7) is 1.20. The molecule has 0 saturated heterocycles. The fourth-order valence-corrected chi connectivity index (χ4v) is 4.25. The summed E-state index contributed by atoms with van der Waals surface area (Å²) in [6.07, 6.45) is -0.544. The van der Waals surface area contributed by atoms with Crippen molar-refractivity contribution in [3.8, 4) is 22.8 Å². The molecule has 2 aromatic carbocycles. The third-order valence-electron chi connectivity index (χ3n) is 6.02. The first-order valence-electron chi connectivity index (χ1n) is 11.6. The van der Waals surface area contributed by atoms with Crippen LogP contribution in [-0.4, -0.2) is 54.8 Å². The monoisotopic (exact) mass is 548 g/mol. The molecule has 0 bridgehead atoms. The molecular weight excluding hydrogens is 524 g/mol. The van der Waals surface area contributed by atoms with E-state index in [2.05, 4.69) is 10.2 Å². The molecular formula is C25H24F4N6O4. The van der Waals surface area contributed by atoms with E-state index in [9.17, 15) is 22.4 Å². The van der Waals surface area contributed by atoms with Crippen LogP contribution in [-0.2, 0) is 18.4 Å². The minimum atomic E-state index is -5.08. The number of aryl methyl sites for hydroxylation is 2. The van der Waals surface area contributed by atoms with Gasteiger partial charge >= 0.3 is 17.8 Å². The SMILES string of the molecule is COc1ccc2c(-c3n[nH]c(=O)n3-c3cn(CCCN)c4ccc(F)cc34)cn(C)c2c1.O=C(O)C(F)(F)F. The number of ether oxygens (including phenoxy) is 1. The van der Waals surface area contributed by atoms with Gasteiger partial charge in [0.2, 0.25) is 0 Å². The van der Waals surface area contributed by atoms with Crippen LogP contribution < -0.4 is 16.2 Å². The van der Waals surface area contributed by atoms with Gasteiger partial charge in [0.25, 0.3) is 0 Å². The van der Waals surface area contributed by atoms with E-state index >= 15 is 0 Å². The third kappa shape index (κ3) is 5.36. The Labute approximate surface area is 217 Å². The van der Waals surface area contributed by atoms with E-state index in [0.29, 0.717) is 30.0 Å². The molecule has 0 aliphatic heterocycles. The summed E-state index contributed by atoms with van der Waals surface area (Å²) in [5.41, 5.74) is 8.41. The van der Waals surface area contributed by atoms with Crippen molar-refractivity contribution >= 4 is 27.8 Å². The summed E-state index contributed by atoms with van der Waals surface area (Å²) in [6, 6.07) is 10.3. The average molecular weight is 548 g/mol. The molecule has 3 heterocycles. The van der Waals surface area contributed by atoms with Gasteiger partial charge in [-0.05, 0) is 43.3 Å². The van der Waals surface area contributed by atoms with Gasteiger partial charge in [0, 0.05) is 48.4 Å². The van der Waals surface area contributed by atoms with Crippen LogP contribution in [0.1, 0.15) is 6.42 Å². The van der Waals surface area contributed by atoms with Crippen molar-refractivity contribution in [1.82, 2.24) is 23.9 Å². The van der Waals surface area contributed by atoms with Gasteiger partial charge in [0.15, 0.2) is 5.82 Å². The average Bonchev–Trinajstić information content (AvgIpc) is 3.54. The van der Waals surface area contributed by atoms with Crippen LogP contribution >= 0.6 is 0 Å². The Bertz CT molecular complexity index is 1710. The number of benzene rings is 2. The molecule has 0 atom stereocenters. The molecule has 3 aromatic heterocycles. The summed E-state index contributed by atoms with van der Waals surface area (Å²) in [4.78, 5) is 21.8. The molecule has 0 unspecified atom stereocenters. The second kappa shape index (κ2) is 10.6. The first-order valence-corrected chi connectivity index (χ1v) is 11.6. The Kier molecular flexibility index (Phi) is 7.49. The molecule has 206 valence electrons. The van der Waals surface area contributed by atoms with E-state index < -0.39 is 17.8 Å². The topological polar surface area (TPSA) is 133 Å². The predicted molar refractivity (Wildman–Crippen MR) is 135 cm³/mol. The Morgan fingerprint density at radius 1 is 1.13 bits per heavy atom. The second-order valence-electron chi connectivity index (χ2n) is 8.54. The minimum Gasteiger partial charge on any atom is -0.497 e. The minimum absolute atomic E-state index is 0.370. The zero-order valence-electron chi connectivity index (χ0n) is 20.8. The van der Waals surface area contributed by atoms with Gasteiger partial charge in [-0.3, -0.25) is 0 Å². The van der Waals surface area contributed by atoms with E-state index in [1.165, 1.54) is 16.7 Å². The predicted octanol–water partition coefficient (Wildman–Crippen LogP) is 3.80. The molecule has 0 aliphatic rings. The number of aromatic amines is 1. The molecule has 0 saturated carbocycles. The lowest BCUT2D eigenvalue weighted by atomic mass is 10.1. The maximum atomic E-state index is 14.2. The van der Waals surface area contributed by atoms with Gasteiger partial charge in [-0.25, -0.2) is 23.6 Å². The number of nitrogens with one attached hydrogen (secondary N) is 1. The fourth-order valence-electron chi connectivity index (χ4n) is 4.25. The van der Waals surface area contributed by atoms with E-state index in [0.717, 1.165) is 34.2 Å². The quantitative estimate of drug-likeness (QED) is 0.277. The Balaban J connectivity index is 0.000000448. The number of aromatic nitrogens is 5. The fraction of sp³-hybridized carbons (Fsp3) is 0.240. The number of fused-ring (bicyclic) bond motifs is 2.